The van der Waals surface area contributed by atoms with Crippen molar-refractivity contribution in [1.82, 2.24) is 15.5 Å². The van der Waals surface area contributed by atoms with Crippen LogP contribution in [0, 0.1) is 5.82 Å². The molecule has 0 aromatic heterocycles. The summed E-state index contributed by atoms with van der Waals surface area (Å²) in [6.07, 6.45) is -0.0214. The number of ether oxygens (including phenoxy) is 1. The first-order valence-corrected chi connectivity index (χ1v) is 11.4. The van der Waals surface area contributed by atoms with E-state index in [0.717, 1.165) is 0 Å². The SMILES string of the molecule is CC(C)NC(=O)Nc1ccccc1C(=O)NCC(c1c(F)cccc1Cl)N1CCOC(C)C1. The van der Waals surface area contributed by atoms with Gasteiger partial charge in [-0.3, -0.25) is 9.69 Å². The fourth-order valence-electron chi connectivity index (χ4n) is 3.87. The lowest BCUT2D eigenvalue weighted by Gasteiger charge is -2.38. The molecule has 0 aliphatic carbocycles. The fraction of sp³-hybridized carbons (Fsp3) is 0.417. The van der Waals surface area contributed by atoms with Crippen molar-refractivity contribution in [2.24, 2.45) is 0 Å². The second-order valence-electron chi connectivity index (χ2n) is 8.34. The molecule has 2 unspecified atom stereocenters. The zero-order valence-corrected chi connectivity index (χ0v) is 19.8. The molecule has 2 atom stereocenters. The van der Waals surface area contributed by atoms with Gasteiger partial charge in [-0.1, -0.05) is 29.8 Å². The van der Waals surface area contributed by atoms with Gasteiger partial charge in [0.25, 0.3) is 5.91 Å². The lowest BCUT2D eigenvalue weighted by Crippen LogP contribution is -2.47. The van der Waals surface area contributed by atoms with Crippen molar-refractivity contribution in [3.63, 3.8) is 0 Å². The Bertz CT molecular complexity index is 968. The van der Waals surface area contributed by atoms with Gasteiger partial charge in [-0.25, -0.2) is 9.18 Å². The standard InChI is InChI=1S/C24H30ClFN4O3/c1-15(2)28-24(32)29-20-10-5-4-7-17(20)23(31)27-13-21(30-11-12-33-16(3)14-30)22-18(25)8-6-9-19(22)26/h4-10,15-16,21H,11-14H2,1-3H3,(H,27,31)(H2,28,29,32). The minimum Gasteiger partial charge on any atom is -0.376 e. The first-order chi connectivity index (χ1) is 15.8. The summed E-state index contributed by atoms with van der Waals surface area (Å²) >= 11 is 6.37. The second kappa shape index (κ2) is 11.4. The summed E-state index contributed by atoms with van der Waals surface area (Å²) in [6, 6.07) is 10.4. The number of carbonyl (C=O) groups is 2. The number of benzene rings is 2. The van der Waals surface area contributed by atoms with E-state index < -0.39 is 17.9 Å². The number of carbonyl (C=O) groups excluding carboxylic acids is 2. The number of nitrogens with zero attached hydrogens (tertiary/aromatic N) is 1. The summed E-state index contributed by atoms with van der Waals surface area (Å²) in [4.78, 5) is 27.3. The fourth-order valence-corrected chi connectivity index (χ4v) is 4.16. The Labute approximate surface area is 198 Å². The smallest absolute Gasteiger partial charge is 0.319 e. The van der Waals surface area contributed by atoms with Crippen molar-refractivity contribution in [2.45, 2.75) is 39.0 Å². The van der Waals surface area contributed by atoms with Gasteiger partial charge in [-0.05, 0) is 45.0 Å². The lowest BCUT2D eigenvalue weighted by atomic mass is 10.0. The quantitative estimate of drug-likeness (QED) is 0.559. The van der Waals surface area contributed by atoms with Crippen LogP contribution < -0.4 is 16.0 Å². The summed E-state index contributed by atoms with van der Waals surface area (Å²) < 4.78 is 20.4. The first-order valence-electron chi connectivity index (χ1n) is 11.0. The van der Waals surface area contributed by atoms with Crippen molar-refractivity contribution >= 4 is 29.2 Å². The Balaban J connectivity index is 1.80. The minimum atomic E-state index is -0.474. The Morgan fingerprint density at radius 3 is 2.67 bits per heavy atom. The Hall–Kier alpha value is -2.68. The van der Waals surface area contributed by atoms with Gasteiger partial charge in [0.2, 0.25) is 0 Å². The van der Waals surface area contributed by atoms with Crippen molar-refractivity contribution in [3.05, 3.63) is 64.4 Å². The van der Waals surface area contributed by atoms with Crippen molar-refractivity contribution < 1.29 is 18.7 Å². The molecule has 0 saturated carbocycles. The molecule has 1 aliphatic rings. The van der Waals surface area contributed by atoms with E-state index in [4.69, 9.17) is 16.3 Å². The third-order valence-corrected chi connectivity index (χ3v) is 5.67. The number of nitrogens with one attached hydrogen (secondary N) is 3. The second-order valence-corrected chi connectivity index (χ2v) is 8.74. The number of hydrogen-bond donors (Lipinski definition) is 3. The highest BCUT2D eigenvalue weighted by Gasteiger charge is 2.30. The van der Waals surface area contributed by atoms with Gasteiger partial charge in [0.05, 0.1) is 30.0 Å². The average molecular weight is 477 g/mol. The molecule has 33 heavy (non-hydrogen) atoms. The minimum absolute atomic E-state index is 0.0214. The van der Waals surface area contributed by atoms with E-state index in [1.165, 1.54) is 6.07 Å². The molecule has 178 valence electrons. The zero-order chi connectivity index (χ0) is 24.0. The molecule has 1 saturated heterocycles. The third kappa shape index (κ3) is 6.66. The van der Waals surface area contributed by atoms with E-state index in [-0.39, 0.29) is 24.6 Å². The molecular formula is C24H30ClFN4O3. The molecule has 2 aromatic carbocycles. The topological polar surface area (TPSA) is 82.7 Å². The number of morpholine rings is 1. The van der Waals surface area contributed by atoms with Gasteiger partial charge in [-0.15, -0.1) is 0 Å². The van der Waals surface area contributed by atoms with Crippen LogP contribution >= 0.6 is 11.6 Å². The van der Waals surface area contributed by atoms with Crippen LogP contribution in [-0.2, 0) is 4.74 Å². The van der Waals surface area contributed by atoms with Crippen LogP contribution in [0.4, 0.5) is 14.9 Å². The summed E-state index contributed by atoms with van der Waals surface area (Å²) in [6.45, 7) is 7.46. The molecular weight excluding hydrogens is 447 g/mol. The monoisotopic (exact) mass is 476 g/mol. The highest BCUT2D eigenvalue weighted by molar-refractivity contribution is 6.31. The molecule has 1 fully saturated rings. The van der Waals surface area contributed by atoms with Gasteiger partial charge < -0.3 is 20.7 Å². The van der Waals surface area contributed by atoms with Gasteiger partial charge in [-0.2, -0.15) is 0 Å². The summed E-state index contributed by atoms with van der Waals surface area (Å²) in [5.41, 5.74) is 1.04. The van der Waals surface area contributed by atoms with Crippen LogP contribution in [0.15, 0.2) is 42.5 Å². The number of para-hydroxylation sites is 1. The highest BCUT2D eigenvalue weighted by Crippen LogP contribution is 2.31. The molecule has 9 heteroatoms. The van der Waals surface area contributed by atoms with Gasteiger partial charge >= 0.3 is 6.03 Å². The number of anilines is 1. The van der Waals surface area contributed by atoms with Crippen molar-refractivity contribution in [2.75, 3.05) is 31.6 Å². The molecule has 3 rings (SSSR count). The lowest BCUT2D eigenvalue weighted by molar-refractivity contribution is -0.0346. The normalized spacial score (nSPS) is 17.5. The van der Waals surface area contributed by atoms with Crippen molar-refractivity contribution in [1.29, 1.82) is 0 Å². The Morgan fingerprint density at radius 1 is 1.21 bits per heavy atom. The van der Waals surface area contributed by atoms with Crippen LogP contribution in [0.2, 0.25) is 5.02 Å². The van der Waals surface area contributed by atoms with Crippen LogP contribution in [0.25, 0.3) is 0 Å². The van der Waals surface area contributed by atoms with E-state index in [0.29, 0.717) is 41.5 Å². The van der Waals surface area contributed by atoms with Gasteiger partial charge in [0.15, 0.2) is 0 Å². The van der Waals surface area contributed by atoms with Crippen LogP contribution in [0.3, 0.4) is 0 Å². The summed E-state index contributed by atoms with van der Waals surface area (Å²) in [7, 11) is 0. The molecule has 0 bridgehead atoms. The van der Waals surface area contributed by atoms with Crippen LogP contribution in [0.5, 0.6) is 0 Å². The van der Waals surface area contributed by atoms with E-state index >= 15 is 0 Å². The number of halogens is 2. The van der Waals surface area contributed by atoms with Gasteiger partial charge in [0.1, 0.15) is 5.82 Å². The number of rotatable bonds is 7. The Kier molecular flexibility index (Phi) is 8.66. The molecule has 2 aromatic rings. The first kappa shape index (κ1) is 25.0. The predicted octanol–water partition coefficient (Wildman–Crippen LogP) is 4.20. The zero-order valence-electron chi connectivity index (χ0n) is 19.0. The molecule has 0 radical (unpaired) electrons. The highest BCUT2D eigenvalue weighted by atomic mass is 35.5. The number of hydrogen-bond acceptors (Lipinski definition) is 4. The van der Waals surface area contributed by atoms with E-state index in [1.807, 2.05) is 20.8 Å². The Morgan fingerprint density at radius 2 is 1.97 bits per heavy atom. The molecule has 3 amide bonds. The molecule has 1 heterocycles. The molecule has 1 aliphatic heterocycles. The van der Waals surface area contributed by atoms with Crippen LogP contribution in [0.1, 0.15) is 42.7 Å². The van der Waals surface area contributed by atoms with E-state index in [2.05, 4.69) is 20.9 Å². The maximum Gasteiger partial charge on any atom is 0.319 e. The summed E-state index contributed by atoms with van der Waals surface area (Å²) in [5.74, 6) is -0.803. The number of amides is 3. The average Bonchev–Trinajstić information content (AvgIpc) is 2.75. The number of urea groups is 1. The summed E-state index contributed by atoms with van der Waals surface area (Å²) in [5, 5.41) is 8.65. The third-order valence-electron chi connectivity index (χ3n) is 5.34. The van der Waals surface area contributed by atoms with Crippen LogP contribution in [-0.4, -0.2) is 55.2 Å². The maximum absolute atomic E-state index is 14.8. The maximum atomic E-state index is 14.8. The van der Waals surface area contributed by atoms with Crippen molar-refractivity contribution in [3.8, 4) is 0 Å². The van der Waals surface area contributed by atoms with E-state index in [9.17, 15) is 14.0 Å². The molecule has 7 nitrogen and oxygen atoms in total. The predicted molar refractivity (Wildman–Crippen MR) is 127 cm³/mol. The largest absolute Gasteiger partial charge is 0.376 e. The molecule has 0 spiro atoms. The molecule has 3 N–H and O–H groups in total. The van der Waals surface area contributed by atoms with E-state index in [1.54, 1.807) is 36.4 Å². The van der Waals surface area contributed by atoms with Gasteiger partial charge in [0, 0.05) is 36.3 Å².